The predicted octanol–water partition coefficient (Wildman–Crippen LogP) is 18.0. The molecule has 0 saturated heterocycles. The average molecular weight is 880 g/mol. The van der Waals surface area contributed by atoms with Crippen molar-refractivity contribution in [3.05, 3.63) is 273 Å². The van der Waals surface area contributed by atoms with Crippen molar-refractivity contribution < 1.29 is 0 Å². The largest absolute Gasteiger partial charge is 0.310 e. The van der Waals surface area contributed by atoms with Gasteiger partial charge in [0.15, 0.2) is 0 Å². The van der Waals surface area contributed by atoms with Crippen molar-refractivity contribution in [3.8, 4) is 55.9 Å². The summed E-state index contributed by atoms with van der Waals surface area (Å²) in [6, 6.07) is 99.1. The molecule has 0 N–H and O–H groups in total. The van der Waals surface area contributed by atoms with Crippen LogP contribution in [0, 0.1) is 0 Å². The Morgan fingerprint density at radius 2 is 0.623 bits per heavy atom. The molecule has 0 atom stereocenters. The fraction of sp³-hybridized carbons (Fsp3) is 0. The third-order valence-corrected chi connectivity index (χ3v) is 13.8. The number of benzene rings is 11. The predicted molar refractivity (Wildman–Crippen MR) is 292 cm³/mol. The fourth-order valence-electron chi connectivity index (χ4n) is 10.6. The van der Waals surface area contributed by atoms with E-state index in [1.807, 2.05) is 0 Å². The smallest absolute Gasteiger partial charge is 0.0561 e. The Labute approximate surface area is 401 Å². The van der Waals surface area contributed by atoms with Crippen LogP contribution in [0.25, 0.3) is 99.5 Å². The Hall–Kier alpha value is -9.18. The van der Waals surface area contributed by atoms with E-state index >= 15 is 0 Å². The first kappa shape index (κ1) is 40.1. The number of anilines is 3. The number of hydrogen-bond donors (Lipinski definition) is 0. The molecule has 11 aromatic carbocycles. The zero-order chi connectivity index (χ0) is 45.7. The third kappa shape index (κ3) is 6.91. The van der Waals surface area contributed by atoms with Gasteiger partial charge in [0, 0.05) is 49.9 Å². The Balaban J connectivity index is 0.967. The van der Waals surface area contributed by atoms with E-state index < -0.39 is 0 Å². The lowest BCUT2D eigenvalue weighted by molar-refractivity contribution is 1.18. The lowest BCUT2D eigenvalue weighted by Crippen LogP contribution is -2.11. The number of rotatable bonds is 9. The molecule has 0 radical (unpaired) electrons. The minimum Gasteiger partial charge on any atom is -0.310 e. The Bertz CT molecular complexity index is 3940. The molecule has 0 bridgehead atoms. The van der Waals surface area contributed by atoms with Gasteiger partial charge in [-0.05, 0) is 112 Å². The zero-order valence-corrected chi connectivity index (χ0v) is 37.8. The molecule has 2 heterocycles. The molecule has 2 aromatic heterocycles. The van der Waals surface area contributed by atoms with Gasteiger partial charge in [0.2, 0.25) is 0 Å². The van der Waals surface area contributed by atoms with Crippen molar-refractivity contribution in [2.24, 2.45) is 0 Å². The molecule has 3 nitrogen and oxygen atoms in total. The van der Waals surface area contributed by atoms with Crippen LogP contribution in [0.3, 0.4) is 0 Å². The van der Waals surface area contributed by atoms with Crippen LogP contribution in [-0.4, -0.2) is 9.13 Å². The normalized spacial score (nSPS) is 11.5. The van der Waals surface area contributed by atoms with Gasteiger partial charge < -0.3 is 14.0 Å². The van der Waals surface area contributed by atoms with Gasteiger partial charge in [0.1, 0.15) is 0 Å². The molecule has 13 rings (SSSR count). The minimum atomic E-state index is 1.07. The molecule has 0 amide bonds. The van der Waals surface area contributed by atoms with Gasteiger partial charge in [-0.1, -0.05) is 200 Å². The monoisotopic (exact) mass is 879 g/mol. The van der Waals surface area contributed by atoms with Gasteiger partial charge in [0.25, 0.3) is 0 Å². The molecule has 0 aliphatic rings. The van der Waals surface area contributed by atoms with Gasteiger partial charge in [-0.2, -0.15) is 0 Å². The van der Waals surface area contributed by atoms with E-state index in [1.54, 1.807) is 0 Å². The van der Waals surface area contributed by atoms with E-state index in [1.165, 1.54) is 65.9 Å². The Morgan fingerprint density at radius 1 is 0.232 bits per heavy atom. The molecule has 324 valence electrons. The first-order valence-electron chi connectivity index (χ1n) is 23.7. The lowest BCUT2D eigenvalue weighted by Gasteiger charge is -2.29. The van der Waals surface area contributed by atoms with Crippen molar-refractivity contribution in [1.29, 1.82) is 0 Å². The van der Waals surface area contributed by atoms with Gasteiger partial charge in [-0.25, -0.2) is 0 Å². The van der Waals surface area contributed by atoms with Crippen LogP contribution >= 0.6 is 0 Å². The maximum absolute atomic E-state index is 2.44. The SMILES string of the molecule is c1ccc(-c2ccccc2-c2ccccc2-c2ccccc2N(c2ccc(-c3ccc(-n4c5ccccc5c5ccccc54)cc3)cc2)c2ccc3c4ccccc4n(-c4ccccc4)c3c2)cc1. The first-order chi connectivity index (χ1) is 34.3. The molecule has 0 saturated carbocycles. The molecule has 69 heavy (non-hydrogen) atoms. The molecule has 0 fully saturated rings. The number of hydrogen-bond acceptors (Lipinski definition) is 1. The van der Waals surface area contributed by atoms with Crippen molar-refractivity contribution in [2.45, 2.75) is 0 Å². The summed E-state index contributed by atoms with van der Waals surface area (Å²) in [4.78, 5) is 2.44. The second-order valence-electron chi connectivity index (χ2n) is 17.7. The average Bonchev–Trinajstić information content (AvgIpc) is 3.94. The lowest BCUT2D eigenvalue weighted by atomic mass is 9.88. The van der Waals surface area contributed by atoms with Crippen LogP contribution in [-0.2, 0) is 0 Å². The van der Waals surface area contributed by atoms with Crippen molar-refractivity contribution in [1.82, 2.24) is 9.13 Å². The first-order valence-corrected chi connectivity index (χ1v) is 23.7. The van der Waals surface area contributed by atoms with E-state index in [-0.39, 0.29) is 0 Å². The molecule has 0 aliphatic heterocycles. The minimum absolute atomic E-state index is 1.07. The van der Waals surface area contributed by atoms with Crippen molar-refractivity contribution in [2.75, 3.05) is 4.90 Å². The number of aromatic nitrogens is 2. The summed E-state index contributed by atoms with van der Waals surface area (Å²) in [5, 5.41) is 4.98. The molecular formula is C66H45N3. The van der Waals surface area contributed by atoms with Crippen LogP contribution in [0.15, 0.2) is 273 Å². The maximum atomic E-state index is 2.44. The molecule has 13 aromatic rings. The summed E-state index contributed by atoms with van der Waals surface area (Å²) < 4.78 is 4.78. The van der Waals surface area contributed by atoms with E-state index in [4.69, 9.17) is 0 Å². The van der Waals surface area contributed by atoms with Crippen molar-refractivity contribution >= 4 is 60.7 Å². The van der Waals surface area contributed by atoms with Gasteiger partial charge in [-0.3, -0.25) is 0 Å². The van der Waals surface area contributed by atoms with E-state index in [9.17, 15) is 0 Å². The number of nitrogens with zero attached hydrogens (tertiary/aromatic N) is 3. The van der Waals surface area contributed by atoms with E-state index in [2.05, 4.69) is 287 Å². The zero-order valence-electron chi connectivity index (χ0n) is 37.8. The molecule has 0 spiro atoms. The summed E-state index contributed by atoms with van der Waals surface area (Å²) in [5.74, 6) is 0. The number of para-hydroxylation sites is 5. The van der Waals surface area contributed by atoms with Crippen LogP contribution in [0.1, 0.15) is 0 Å². The van der Waals surface area contributed by atoms with E-state index in [0.29, 0.717) is 0 Å². The maximum Gasteiger partial charge on any atom is 0.0561 e. The fourth-order valence-corrected chi connectivity index (χ4v) is 10.6. The Morgan fingerprint density at radius 3 is 1.22 bits per heavy atom. The highest BCUT2D eigenvalue weighted by Gasteiger charge is 2.22. The van der Waals surface area contributed by atoms with Crippen LogP contribution < -0.4 is 4.90 Å². The Kier molecular flexibility index (Phi) is 9.84. The second-order valence-corrected chi connectivity index (χ2v) is 17.7. The topological polar surface area (TPSA) is 13.1 Å². The van der Waals surface area contributed by atoms with Gasteiger partial charge >= 0.3 is 0 Å². The van der Waals surface area contributed by atoms with Crippen LogP contribution in [0.5, 0.6) is 0 Å². The third-order valence-electron chi connectivity index (χ3n) is 13.8. The molecule has 0 unspecified atom stereocenters. The van der Waals surface area contributed by atoms with Gasteiger partial charge in [-0.15, -0.1) is 0 Å². The highest BCUT2D eigenvalue weighted by Crippen LogP contribution is 2.47. The highest BCUT2D eigenvalue weighted by atomic mass is 15.1. The summed E-state index contributed by atoms with van der Waals surface area (Å²) in [6.07, 6.45) is 0. The standard InChI is InChI=1S/C66H45N3/c1-3-19-48(20-4-1)53-23-7-8-24-54(53)55-25-9-10-26-56(55)57-27-11-15-31-62(57)67(52-43-44-61-60-30-14-18-34-65(60)69(66(61)45-52)49-21-5-2-6-22-49)50-39-35-46(36-40-50)47-37-41-51(42-38-47)68-63-32-16-12-28-58(63)59-29-13-17-33-64(59)68/h1-45H. The van der Waals surface area contributed by atoms with Crippen molar-refractivity contribution in [3.63, 3.8) is 0 Å². The molecule has 3 heteroatoms. The molecular weight excluding hydrogens is 835 g/mol. The second kappa shape index (κ2) is 16.9. The summed E-state index contributed by atoms with van der Waals surface area (Å²) >= 11 is 0. The van der Waals surface area contributed by atoms with Crippen LogP contribution in [0.2, 0.25) is 0 Å². The highest BCUT2D eigenvalue weighted by molar-refractivity contribution is 6.11. The quantitative estimate of drug-likeness (QED) is 0.141. The summed E-state index contributed by atoms with van der Waals surface area (Å²) in [5.41, 5.74) is 19.7. The number of fused-ring (bicyclic) bond motifs is 6. The molecule has 0 aliphatic carbocycles. The summed E-state index contributed by atoms with van der Waals surface area (Å²) in [7, 11) is 0. The summed E-state index contributed by atoms with van der Waals surface area (Å²) in [6.45, 7) is 0. The van der Waals surface area contributed by atoms with Crippen LogP contribution in [0.4, 0.5) is 17.1 Å². The van der Waals surface area contributed by atoms with E-state index in [0.717, 1.165) is 50.6 Å². The van der Waals surface area contributed by atoms with Gasteiger partial charge in [0.05, 0.1) is 27.8 Å².